The van der Waals surface area contributed by atoms with Crippen LogP contribution in [0.3, 0.4) is 0 Å². The molecule has 0 saturated carbocycles. The van der Waals surface area contributed by atoms with Gasteiger partial charge in [0.1, 0.15) is 5.82 Å². The van der Waals surface area contributed by atoms with E-state index in [0.29, 0.717) is 6.07 Å². The molecule has 0 saturated heterocycles. The van der Waals surface area contributed by atoms with E-state index < -0.39 is 29.1 Å². The predicted molar refractivity (Wildman–Crippen MR) is 44.1 cm³/mol. The molecule has 76 valence electrons. The van der Waals surface area contributed by atoms with Crippen LogP contribution in [0.5, 0.6) is 11.5 Å². The molecule has 1 N–H and O–H groups in total. The number of hydrogen-bond donors (Lipinski definition) is 1. The second-order valence-electron chi connectivity index (χ2n) is 2.74. The fraction of sp³-hybridized carbons (Fsp3) is 0.222. The Labute approximate surface area is 78.9 Å². The highest BCUT2D eigenvalue weighted by Gasteiger charge is 2.17. The van der Waals surface area contributed by atoms with E-state index in [4.69, 9.17) is 5.11 Å². The lowest BCUT2D eigenvalue weighted by atomic mass is 10.2. The Hall–Kier alpha value is -1.65. The molecule has 0 unspecified atom stereocenters. The summed E-state index contributed by atoms with van der Waals surface area (Å²) in [6, 6.07) is 0.691. The van der Waals surface area contributed by atoms with Gasteiger partial charge >= 0.3 is 5.97 Å². The number of benzene rings is 1. The van der Waals surface area contributed by atoms with Crippen LogP contribution >= 0.6 is 0 Å². The summed E-state index contributed by atoms with van der Waals surface area (Å²) in [5.74, 6) is -4.13. The van der Waals surface area contributed by atoms with Gasteiger partial charge in [0.15, 0.2) is 11.6 Å². The lowest BCUT2D eigenvalue weighted by Crippen LogP contribution is -2.05. The van der Waals surface area contributed by atoms with Gasteiger partial charge in [0.2, 0.25) is 5.75 Å². The third kappa shape index (κ3) is 1.81. The van der Waals surface area contributed by atoms with Crippen LogP contribution in [0.1, 0.15) is 12.5 Å². The van der Waals surface area contributed by atoms with E-state index in [1.165, 1.54) is 6.92 Å². The zero-order valence-electron chi connectivity index (χ0n) is 7.60. The molecule has 0 heterocycles. The number of carbonyl (C=O) groups is 1. The number of hydrogen-bond acceptors (Lipinski definition) is 3. The molecule has 0 aliphatic rings. The van der Waals surface area contributed by atoms with E-state index in [2.05, 4.69) is 4.74 Å². The molecule has 14 heavy (non-hydrogen) atoms. The number of ether oxygens (including phenoxy) is 1. The van der Waals surface area contributed by atoms with E-state index in [0.717, 1.165) is 6.92 Å². The van der Waals surface area contributed by atoms with Gasteiger partial charge in [-0.3, -0.25) is 4.79 Å². The fourth-order valence-corrected chi connectivity index (χ4v) is 0.922. The smallest absolute Gasteiger partial charge is 0.308 e. The molecule has 0 amide bonds. The van der Waals surface area contributed by atoms with Crippen LogP contribution in [0.4, 0.5) is 8.78 Å². The number of halogens is 2. The summed E-state index contributed by atoms with van der Waals surface area (Å²) in [5.41, 5.74) is -0.306. The van der Waals surface area contributed by atoms with Crippen LogP contribution in [0.25, 0.3) is 0 Å². The summed E-state index contributed by atoms with van der Waals surface area (Å²) in [5, 5.41) is 9.09. The summed E-state index contributed by atoms with van der Waals surface area (Å²) in [4.78, 5) is 10.5. The lowest BCUT2D eigenvalue weighted by molar-refractivity contribution is -0.132. The molecule has 0 aliphatic heterocycles. The Morgan fingerprint density at radius 3 is 2.57 bits per heavy atom. The Kier molecular flexibility index (Phi) is 2.69. The maximum Gasteiger partial charge on any atom is 0.308 e. The molecular formula is C9H8F2O3. The van der Waals surface area contributed by atoms with Crippen molar-refractivity contribution >= 4 is 5.97 Å². The monoisotopic (exact) mass is 202 g/mol. The number of phenols is 1. The molecule has 5 heteroatoms. The molecule has 0 aliphatic carbocycles. The average molecular weight is 202 g/mol. The number of rotatable bonds is 1. The number of phenolic OH excluding ortho intramolecular Hbond substituents is 1. The van der Waals surface area contributed by atoms with E-state index in [1.807, 2.05) is 0 Å². The maximum atomic E-state index is 13.2. The summed E-state index contributed by atoms with van der Waals surface area (Å²) in [6.45, 7) is 2.23. The molecule has 3 nitrogen and oxygen atoms in total. The molecule has 0 atom stereocenters. The Morgan fingerprint density at radius 2 is 2.07 bits per heavy atom. The van der Waals surface area contributed by atoms with Gasteiger partial charge in [-0.2, -0.15) is 0 Å². The third-order valence-electron chi connectivity index (χ3n) is 1.63. The van der Waals surface area contributed by atoms with Gasteiger partial charge in [0.25, 0.3) is 0 Å². The molecule has 0 aromatic heterocycles. The zero-order valence-corrected chi connectivity index (χ0v) is 7.60. The first-order chi connectivity index (χ1) is 6.43. The van der Waals surface area contributed by atoms with Gasteiger partial charge in [-0.15, -0.1) is 0 Å². The minimum absolute atomic E-state index is 0.306. The molecule has 1 aromatic carbocycles. The number of aromatic hydroxyl groups is 1. The van der Waals surface area contributed by atoms with Crippen molar-refractivity contribution in [1.29, 1.82) is 0 Å². The van der Waals surface area contributed by atoms with Gasteiger partial charge < -0.3 is 9.84 Å². The minimum Gasteiger partial charge on any atom is -0.504 e. The second kappa shape index (κ2) is 3.61. The summed E-state index contributed by atoms with van der Waals surface area (Å²) in [6.07, 6.45) is 0. The lowest BCUT2D eigenvalue weighted by Gasteiger charge is -2.07. The quantitative estimate of drug-likeness (QED) is 0.558. The van der Waals surface area contributed by atoms with E-state index >= 15 is 0 Å². The van der Waals surface area contributed by atoms with Crippen molar-refractivity contribution in [2.75, 3.05) is 0 Å². The predicted octanol–water partition coefficient (Wildman–Crippen LogP) is 1.90. The topological polar surface area (TPSA) is 46.5 Å². The maximum absolute atomic E-state index is 13.2. The van der Waals surface area contributed by atoms with Gasteiger partial charge in [-0.25, -0.2) is 8.78 Å². The van der Waals surface area contributed by atoms with Crippen molar-refractivity contribution in [3.8, 4) is 11.5 Å². The van der Waals surface area contributed by atoms with Crippen molar-refractivity contribution < 1.29 is 23.4 Å². The largest absolute Gasteiger partial charge is 0.504 e. The zero-order chi connectivity index (χ0) is 10.9. The highest BCUT2D eigenvalue weighted by atomic mass is 19.1. The summed E-state index contributed by atoms with van der Waals surface area (Å²) in [7, 11) is 0. The van der Waals surface area contributed by atoms with Gasteiger partial charge in [-0.05, 0) is 6.92 Å². The van der Waals surface area contributed by atoms with Crippen LogP contribution in [0, 0.1) is 18.6 Å². The number of carbonyl (C=O) groups excluding carboxylic acids is 1. The van der Waals surface area contributed by atoms with E-state index in [-0.39, 0.29) is 5.56 Å². The molecule has 0 fully saturated rings. The Bertz CT molecular complexity index is 388. The van der Waals surface area contributed by atoms with Crippen molar-refractivity contribution in [3.63, 3.8) is 0 Å². The first kappa shape index (κ1) is 10.4. The van der Waals surface area contributed by atoms with Gasteiger partial charge in [0.05, 0.1) is 0 Å². The average Bonchev–Trinajstić information content (AvgIpc) is 2.09. The normalized spacial score (nSPS) is 10.0. The summed E-state index contributed by atoms with van der Waals surface area (Å²) >= 11 is 0. The van der Waals surface area contributed by atoms with Crippen molar-refractivity contribution in [2.45, 2.75) is 13.8 Å². The number of esters is 1. The van der Waals surface area contributed by atoms with Crippen LogP contribution in [0.15, 0.2) is 6.07 Å². The van der Waals surface area contributed by atoms with Crippen molar-refractivity contribution in [3.05, 3.63) is 23.3 Å². The Balaban J connectivity index is 3.29. The molecule has 1 rings (SSSR count). The second-order valence-corrected chi connectivity index (χ2v) is 2.74. The van der Waals surface area contributed by atoms with Crippen LogP contribution in [-0.2, 0) is 4.79 Å². The highest BCUT2D eigenvalue weighted by Crippen LogP contribution is 2.32. The minimum atomic E-state index is -1.07. The molecule has 0 radical (unpaired) electrons. The van der Waals surface area contributed by atoms with Crippen LogP contribution in [-0.4, -0.2) is 11.1 Å². The molecular weight excluding hydrogens is 194 g/mol. The van der Waals surface area contributed by atoms with E-state index in [1.54, 1.807) is 0 Å². The molecule has 1 aromatic rings. The SMILES string of the molecule is CC(=O)Oc1c(O)cc(F)c(C)c1F. The summed E-state index contributed by atoms with van der Waals surface area (Å²) < 4.78 is 30.4. The first-order valence-corrected chi connectivity index (χ1v) is 3.79. The Morgan fingerprint density at radius 1 is 1.50 bits per heavy atom. The highest BCUT2D eigenvalue weighted by molar-refractivity contribution is 5.70. The fourth-order valence-electron chi connectivity index (χ4n) is 0.922. The molecule has 0 bridgehead atoms. The van der Waals surface area contributed by atoms with Crippen LogP contribution < -0.4 is 4.74 Å². The van der Waals surface area contributed by atoms with Crippen molar-refractivity contribution in [1.82, 2.24) is 0 Å². The van der Waals surface area contributed by atoms with E-state index in [9.17, 15) is 13.6 Å². The van der Waals surface area contributed by atoms with Gasteiger partial charge in [0, 0.05) is 18.6 Å². The first-order valence-electron chi connectivity index (χ1n) is 3.79. The van der Waals surface area contributed by atoms with Crippen molar-refractivity contribution in [2.24, 2.45) is 0 Å². The van der Waals surface area contributed by atoms with Gasteiger partial charge in [-0.1, -0.05) is 0 Å². The third-order valence-corrected chi connectivity index (χ3v) is 1.63. The van der Waals surface area contributed by atoms with Crippen LogP contribution in [0.2, 0.25) is 0 Å². The molecule has 0 spiro atoms. The standard InChI is InChI=1S/C9H8F2O3/c1-4-6(10)3-7(13)9(8(4)11)14-5(2)12/h3,13H,1-2H3.